The maximum Gasteiger partial charge on any atom is 0.135 e. The monoisotopic (exact) mass is 741 g/mol. The summed E-state index contributed by atoms with van der Waals surface area (Å²) in [6.07, 6.45) is 0. The molecule has 0 unspecified atom stereocenters. The van der Waals surface area contributed by atoms with E-state index in [0.29, 0.717) is 0 Å². The highest BCUT2D eigenvalue weighted by Crippen LogP contribution is 2.41. The first kappa shape index (κ1) is 33.5. The molecule has 0 aliphatic carbocycles. The van der Waals surface area contributed by atoms with Crippen molar-refractivity contribution in [2.45, 2.75) is 0 Å². The van der Waals surface area contributed by atoms with Crippen molar-refractivity contribution in [2.24, 2.45) is 0 Å². The van der Waals surface area contributed by atoms with Crippen LogP contribution >= 0.6 is 0 Å². The summed E-state index contributed by atoms with van der Waals surface area (Å²) in [5.41, 5.74) is 15.2. The van der Waals surface area contributed by atoms with Gasteiger partial charge in [0.1, 0.15) is 11.2 Å². The predicted molar refractivity (Wildman–Crippen MR) is 241 cm³/mol. The number of furan rings is 1. The Bertz CT molecular complexity index is 3270. The third kappa shape index (κ3) is 5.96. The molecule has 0 saturated carbocycles. The van der Waals surface area contributed by atoms with E-state index in [1.807, 2.05) is 36.4 Å². The van der Waals surface area contributed by atoms with Gasteiger partial charge < -0.3 is 9.32 Å². The van der Waals surface area contributed by atoms with Gasteiger partial charge in [0, 0.05) is 44.3 Å². The zero-order valence-electron chi connectivity index (χ0n) is 31.5. The van der Waals surface area contributed by atoms with Gasteiger partial charge in [0.2, 0.25) is 0 Å². The summed E-state index contributed by atoms with van der Waals surface area (Å²) in [5.74, 6) is 0. The van der Waals surface area contributed by atoms with Crippen molar-refractivity contribution < 1.29 is 4.42 Å². The average Bonchev–Trinajstić information content (AvgIpc) is 3.68. The van der Waals surface area contributed by atoms with Crippen LogP contribution in [0.2, 0.25) is 0 Å². The molecule has 2 aromatic heterocycles. The number of fused-ring (bicyclic) bond motifs is 6. The lowest BCUT2D eigenvalue weighted by molar-refractivity contribution is 0.669. The van der Waals surface area contributed by atoms with Gasteiger partial charge >= 0.3 is 0 Å². The van der Waals surface area contributed by atoms with Crippen molar-refractivity contribution in [2.75, 3.05) is 4.90 Å². The Morgan fingerprint density at radius 2 is 0.897 bits per heavy atom. The molecule has 11 rings (SSSR count). The molecule has 0 radical (unpaired) electrons. The van der Waals surface area contributed by atoms with Crippen molar-refractivity contribution in [3.63, 3.8) is 0 Å². The van der Waals surface area contributed by atoms with Crippen LogP contribution in [0.15, 0.2) is 217 Å². The van der Waals surface area contributed by atoms with Gasteiger partial charge in [-0.1, -0.05) is 152 Å². The van der Waals surface area contributed by atoms with E-state index >= 15 is 0 Å². The summed E-state index contributed by atoms with van der Waals surface area (Å²) in [6.45, 7) is 0. The van der Waals surface area contributed by atoms with Gasteiger partial charge in [-0.25, -0.2) is 9.97 Å². The van der Waals surface area contributed by atoms with Crippen LogP contribution in [0.25, 0.3) is 88.5 Å². The van der Waals surface area contributed by atoms with Gasteiger partial charge in [-0.2, -0.15) is 0 Å². The van der Waals surface area contributed by atoms with Crippen LogP contribution < -0.4 is 4.90 Å². The summed E-state index contributed by atoms with van der Waals surface area (Å²) < 4.78 is 6.22. The molecule has 58 heavy (non-hydrogen) atoms. The molecule has 0 fully saturated rings. The minimum absolute atomic E-state index is 0.876. The molecule has 0 spiro atoms. The van der Waals surface area contributed by atoms with Gasteiger partial charge in [-0.3, -0.25) is 0 Å². The van der Waals surface area contributed by atoms with Crippen LogP contribution in [0.1, 0.15) is 0 Å². The molecule has 0 atom stereocenters. The highest BCUT2D eigenvalue weighted by Gasteiger charge is 2.18. The van der Waals surface area contributed by atoms with E-state index in [4.69, 9.17) is 14.4 Å². The second-order valence-electron chi connectivity index (χ2n) is 14.6. The minimum atomic E-state index is 0.876. The Kier molecular flexibility index (Phi) is 8.11. The van der Waals surface area contributed by atoms with Gasteiger partial charge in [-0.15, -0.1) is 0 Å². The number of anilines is 3. The maximum atomic E-state index is 6.22. The van der Waals surface area contributed by atoms with Crippen molar-refractivity contribution in [3.8, 4) is 44.8 Å². The second kappa shape index (κ2) is 14.0. The zero-order valence-corrected chi connectivity index (χ0v) is 31.5. The normalized spacial score (nSPS) is 11.4. The first-order valence-electron chi connectivity index (χ1n) is 19.6. The smallest absolute Gasteiger partial charge is 0.135 e. The number of benzene rings is 9. The number of nitrogens with zero attached hydrogens (tertiary/aromatic N) is 3. The predicted octanol–water partition coefficient (Wildman–Crippen LogP) is 14.8. The van der Waals surface area contributed by atoms with E-state index in [0.717, 1.165) is 100 Å². The highest BCUT2D eigenvalue weighted by atomic mass is 16.3. The van der Waals surface area contributed by atoms with E-state index in [2.05, 4.69) is 181 Å². The summed E-state index contributed by atoms with van der Waals surface area (Å²) in [7, 11) is 0. The molecule has 272 valence electrons. The van der Waals surface area contributed by atoms with Crippen molar-refractivity contribution in [1.29, 1.82) is 0 Å². The molecule has 0 saturated heterocycles. The fraction of sp³-hybridized carbons (Fsp3) is 0. The van der Waals surface area contributed by atoms with E-state index < -0.39 is 0 Å². The Balaban J connectivity index is 0.998. The summed E-state index contributed by atoms with van der Waals surface area (Å²) in [4.78, 5) is 12.9. The first-order valence-corrected chi connectivity index (χ1v) is 19.6. The molecule has 4 heteroatoms. The Morgan fingerprint density at radius 1 is 0.328 bits per heavy atom. The van der Waals surface area contributed by atoms with E-state index in [1.54, 1.807) is 0 Å². The van der Waals surface area contributed by atoms with Crippen molar-refractivity contribution >= 4 is 60.8 Å². The van der Waals surface area contributed by atoms with Gasteiger partial charge in [0.25, 0.3) is 0 Å². The zero-order chi connectivity index (χ0) is 38.4. The lowest BCUT2D eigenvalue weighted by atomic mass is 9.99. The van der Waals surface area contributed by atoms with Gasteiger partial charge in [0.15, 0.2) is 0 Å². The third-order valence-corrected chi connectivity index (χ3v) is 11.0. The maximum absolute atomic E-state index is 6.22. The molecule has 9 aromatic carbocycles. The molecule has 0 aliphatic rings. The van der Waals surface area contributed by atoms with Crippen LogP contribution in [0.4, 0.5) is 17.1 Å². The molecule has 0 amide bonds. The molecule has 0 aliphatic heterocycles. The fourth-order valence-electron chi connectivity index (χ4n) is 8.18. The van der Waals surface area contributed by atoms with Crippen LogP contribution in [0.3, 0.4) is 0 Å². The minimum Gasteiger partial charge on any atom is -0.456 e. The number of para-hydroxylation sites is 1. The second-order valence-corrected chi connectivity index (χ2v) is 14.6. The number of hydrogen-bond donors (Lipinski definition) is 0. The SMILES string of the molecule is c1ccc(-c2cccc(N(c3ccc(-c4ccc5c(ccc6nc(-c7ccccc7)c(-c7ccccc7)nc65)c4)cc3)c3ccc4oc5ccccc5c4c3)c2)cc1. The third-order valence-electron chi connectivity index (χ3n) is 11.0. The number of hydrogen-bond acceptors (Lipinski definition) is 4. The fourth-order valence-corrected chi connectivity index (χ4v) is 8.18. The van der Waals surface area contributed by atoms with E-state index in [1.165, 1.54) is 5.56 Å². The van der Waals surface area contributed by atoms with Gasteiger partial charge in [-0.05, 0) is 88.3 Å². The van der Waals surface area contributed by atoms with E-state index in [-0.39, 0.29) is 0 Å². The Morgan fingerprint density at radius 3 is 1.66 bits per heavy atom. The average molecular weight is 742 g/mol. The molecule has 11 aromatic rings. The lowest BCUT2D eigenvalue weighted by Crippen LogP contribution is -2.10. The van der Waals surface area contributed by atoms with Crippen LogP contribution in [0.5, 0.6) is 0 Å². The standard InChI is InChI=1S/C54H35N3O/c1-4-13-36(14-5-1)40-19-12-20-44(34-40)57(45-29-32-51-48(35-45)47-21-10-11-22-50(47)58-51)43-27-23-37(24-28-43)41-25-30-46-42(33-41)26-31-49-54(46)56-53(39-17-8-3-9-18-39)52(55-49)38-15-6-2-7-16-38/h1-35H. The molecule has 4 nitrogen and oxygen atoms in total. The van der Waals surface area contributed by atoms with Crippen LogP contribution in [-0.4, -0.2) is 9.97 Å². The molecule has 0 N–H and O–H groups in total. The summed E-state index contributed by atoms with van der Waals surface area (Å²) in [6, 6.07) is 74.5. The topological polar surface area (TPSA) is 42.2 Å². The largest absolute Gasteiger partial charge is 0.456 e. The van der Waals surface area contributed by atoms with Crippen molar-refractivity contribution in [1.82, 2.24) is 9.97 Å². The highest BCUT2D eigenvalue weighted by molar-refractivity contribution is 6.08. The molecule has 0 bridgehead atoms. The van der Waals surface area contributed by atoms with Crippen LogP contribution in [-0.2, 0) is 0 Å². The molecular weight excluding hydrogens is 707 g/mol. The molecular formula is C54H35N3O. The number of aromatic nitrogens is 2. The number of rotatable bonds is 7. The van der Waals surface area contributed by atoms with Crippen LogP contribution in [0, 0.1) is 0 Å². The van der Waals surface area contributed by atoms with Gasteiger partial charge in [0.05, 0.1) is 22.4 Å². The molecule has 2 heterocycles. The Labute approximate surface area is 335 Å². The van der Waals surface area contributed by atoms with E-state index in [9.17, 15) is 0 Å². The Hall–Kier alpha value is -7.82. The first-order chi connectivity index (χ1) is 28.7. The lowest BCUT2D eigenvalue weighted by Gasteiger charge is -2.26. The van der Waals surface area contributed by atoms with Crippen molar-refractivity contribution in [3.05, 3.63) is 212 Å². The quantitative estimate of drug-likeness (QED) is 0.153. The summed E-state index contributed by atoms with van der Waals surface area (Å²) in [5, 5.41) is 4.40. The summed E-state index contributed by atoms with van der Waals surface area (Å²) >= 11 is 0.